The summed E-state index contributed by atoms with van der Waals surface area (Å²) in [5.41, 5.74) is 0.943. The number of hydrogen-bond acceptors (Lipinski definition) is 4. The molecule has 1 aliphatic rings. The Morgan fingerprint density at radius 2 is 1.89 bits per heavy atom. The van der Waals surface area contributed by atoms with E-state index in [2.05, 4.69) is 0 Å². The zero-order valence-corrected chi connectivity index (χ0v) is 9.85. The average Bonchev–Trinajstić information content (AvgIpc) is 2.35. The number of rotatable bonds is 5. The molecule has 2 rings (SSSR count). The summed E-state index contributed by atoms with van der Waals surface area (Å²) >= 11 is 0. The molecule has 0 unspecified atom stereocenters. The number of carbonyl (C=O) groups is 2. The SMILES string of the molecule is O=C(O)CC(=O)CCc1ccc2c(c1)OCCO2. The number of carboxylic acid groups (broad SMARTS) is 1. The van der Waals surface area contributed by atoms with Gasteiger partial charge in [-0.15, -0.1) is 0 Å². The Labute approximate surface area is 104 Å². The quantitative estimate of drug-likeness (QED) is 0.800. The second-order valence-corrected chi connectivity index (χ2v) is 4.09. The van der Waals surface area contributed by atoms with Crippen LogP contribution in [0.25, 0.3) is 0 Å². The van der Waals surface area contributed by atoms with Crippen molar-refractivity contribution in [1.82, 2.24) is 0 Å². The van der Waals surface area contributed by atoms with Gasteiger partial charge in [0.05, 0.1) is 0 Å². The molecular formula is C13H14O5. The molecule has 0 saturated heterocycles. The number of Topliss-reactive ketones (excluding diaryl/α,β-unsaturated/α-hetero) is 1. The topological polar surface area (TPSA) is 72.8 Å². The molecule has 0 bridgehead atoms. The van der Waals surface area contributed by atoms with Gasteiger partial charge in [-0.05, 0) is 24.1 Å². The molecule has 0 spiro atoms. The number of ketones is 1. The van der Waals surface area contributed by atoms with Crippen molar-refractivity contribution in [2.75, 3.05) is 13.2 Å². The van der Waals surface area contributed by atoms with Crippen LogP contribution in [0.15, 0.2) is 18.2 Å². The summed E-state index contributed by atoms with van der Waals surface area (Å²) < 4.78 is 10.8. The first-order valence-corrected chi connectivity index (χ1v) is 5.77. The van der Waals surface area contributed by atoms with Crippen LogP contribution in [0.2, 0.25) is 0 Å². The fourth-order valence-corrected chi connectivity index (χ4v) is 1.78. The van der Waals surface area contributed by atoms with Gasteiger partial charge in [0.15, 0.2) is 11.5 Å². The molecule has 0 atom stereocenters. The van der Waals surface area contributed by atoms with Crippen LogP contribution in [0.3, 0.4) is 0 Å². The Morgan fingerprint density at radius 1 is 1.17 bits per heavy atom. The highest BCUT2D eigenvalue weighted by Gasteiger charge is 2.13. The van der Waals surface area contributed by atoms with Gasteiger partial charge in [-0.1, -0.05) is 6.07 Å². The first kappa shape index (κ1) is 12.4. The van der Waals surface area contributed by atoms with E-state index >= 15 is 0 Å². The lowest BCUT2D eigenvalue weighted by Gasteiger charge is -2.18. The number of carboxylic acids is 1. The Hall–Kier alpha value is -2.04. The van der Waals surface area contributed by atoms with E-state index in [9.17, 15) is 9.59 Å². The highest BCUT2D eigenvalue weighted by Crippen LogP contribution is 2.31. The predicted octanol–water partition coefficient (Wildman–Crippen LogP) is 1.43. The largest absolute Gasteiger partial charge is 0.486 e. The summed E-state index contributed by atoms with van der Waals surface area (Å²) in [6.07, 6.45) is 0.333. The molecule has 0 aromatic heterocycles. The van der Waals surface area contributed by atoms with Crippen molar-refractivity contribution in [3.05, 3.63) is 23.8 Å². The normalized spacial score (nSPS) is 13.1. The van der Waals surface area contributed by atoms with Crippen molar-refractivity contribution >= 4 is 11.8 Å². The van der Waals surface area contributed by atoms with Gasteiger partial charge in [0.25, 0.3) is 0 Å². The first-order valence-electron chi connectivity index (χ1n) is 5.77. The molecule has 1 aliphatic heterocycles. The lowest BCUT2D eigenvalue weighted by molar-refractivity contribution is -0.140. The molecule has 18 heavy (non-hydrogen) atoms. The minimum absolute atomic E-state index is 0.228. The Bertz CT molecular complexity index is 466. The van der Waals surface area contributed by atoms with Gasteiger partial charge in [0.2, 0.25) is 0 Å². The molecule has 96 valence electrons. The van der Waals surface area contributed by atoms with E-state index in [1.807, 2.05) is 18.2 Å². The maximum Gasteiger partial charge on any atom is 0.310 e. The summed E-state index contributed by atoms with van der Waals surface area (Å²) in [7, 11) is 0. The predicted molar refractivity (Wildman–Crippen MR) is 63.0 cm³/mol. The van der Waals surface area contributed by atoms with E-state index in [-0.39, 0.29) is 12.2 Å². The van der Waals surface area contributed by atoms with Gasteiger partial charge in [-0.3, -0.25) is 9.59 Å². The molecular weight excluding hydrogens is 236 g/mol. The molecule has 0 fully saturated rings. The molecule has 0 saturated carbocycles. The molecule has 5 nitrogen and oxygen atoms in total. The van der Waals surface area contributed by atoms with Crippen LogP contribution < -0.4 is 9.47 Å². The summed E-state index contributed by atoms with van der Waals surface area (Å²) in [6, 6.07) is 5.51. The van der Waals surface area contributed by atoms with Crippen LogP contribution in [-0.4, -0.2) is 30.1 Å². The minimum Gasteiger partial charge on any atom is -0.486 e. The summed E-state index contributed by atoms with van der Waals surface area (Å²) in [6.45, 7) is 1.07. The van der Waals surface area contributed by atoms with E-state index in [1.165, 1.54) is 0 Å². The van der Waals surface area contributed by atoms with Gasteiger partial charge in [-0.25, -0.2) is 0 Å². The third-order valence-electron chi connectivity index (χ3n) is 2.65. The van der Waals surface area contributed by atoms with E-state index in [0.717, 1.165) is 5.56 Å². The van der Waals surface area contributed by atoms with Crippen LogP contribution in [0.5, 0.6) is 11.5 Å². The van der Waals surface area contributed by atoms with Crippen LogP contribution in [0.4, 0.5) is 0 Å². The lowest BCUT2D eigenvalue weighted by Crippen LogP contribution is -2.15. The monoisotopic (exact) mass is 250 g/mol. The van der Waals surface area contributed by atoms with E-state index < -0.39 is 12.4 Å². The smallest absolute Gasteiger partial charge is 0.310 e. The van der Waals surface area contributed by atoms with Gasteiger partial charge >= 0.3 is 5.97 Å². The van der Waals surface area contributed by atoms with Gasteiger partial charge in [0.1, 0.15) is 25.4 Å². The maximum absolute atomic E-state index is 11.3. The molecule has 1 N–H and O–H groups in total. The van der Waals surface area contributed by atoms with Crippen LogP contribution in [0.1, 0.15) is 18.4 Å². The lowest BCUT2D eigenvalue weighted by atomic mass is 10.1. The third kappa shape index (κ3) is 3.23. The minimum atomic E-state index is -1.08. The number of fused-ring (bicyclic) bond motifs is 1. The van der Waals surface area contributed by atoms with Crippen molar-refractivity contribution in [1.29, 1.82) is 0 Å². The maximum atomic E-state index is 11.3. The molecule has 0 radical (unpaired) electrons. The molecule has 1 heterocycles. The number of benzene rings is 1. The highest BCUT2D eigenvalue weighted by atomic mass is 16.6. The number of hydrogen-bond donors (Lipinski definition) is 1. The standard InChI is InChI=1S/C13H14O5/c14-10(8-13(15)16)3-1-9-2-4-11-12(7-9)18-6-5-17-11/h2,4,7H,1,3,5-6,8H2,(H,15,16). The van der Waals surface area contributed by atoms with Crippen LogP contribution >= 0.6 is 0 Å². The van der Waals surface area contributed by atoms with Crippen molar-refractivity contribution < 1.29 is 24.2 Å². The summed E-state index contributed by atoms with van der Waals surface area (Å²) in [5.74, 6) is 0.0471. The van der Waals surface area contributed by atoms with Gasteiger partial charge < -0.3 is 14.6 Å². The molecule has 1 aromatic carbocycles. The Morgan fingerprint density at radius 3 is 2.61 bits per heavy atom. The zero-order chi connectivity index (χ0) is 13.0. The molecule has 0 amide bonds. The summed E-state index contributed by atoms with van der Waals surface area (Å²) in [5, 5.41) is 8.48. The van der Waals surface area contributed by atoms with Gasteiger partial charge in [-0.2, -0.15) is 0 Å². The van der Waals surface area contributed by atoms with E-state index in [0.29, 0.717) is 31.1 Å². The average molecular weight is 250 g/mol. The highest BCUT2D eigenvalue weighted by molar-refractivity contribution is 5.94. The van der Waals surface area contributed by atoms with Crippen molar-refractivity contribution in [3.8, 4) is 11.5 Å². The first-order chi connectivity index (χ1) is 8.65. The third-order valence-corrected chi connectivity index (χ3v) is 2.65. The van der Waals surface area contributed by atoms with Crippen molar-refractivity contribution in [2.24, 2.45) is 0 Å². The number of aliphatic carboxylic acids is 1. The number of carbonyl (C=O) groups excluding carboxylic acids is 1. The van der Waals surface area contributed by atoms with Crippen LogP contribution in [0, 0.1) is 0 Å². The Balaban J connectivity index is 1.94. The second-order valence-electron chi connectivity index (χ2n) is 4.09. The van der Waals surface area contributed by atoms with Crippen LogP contribution in [-0.2, 0) is 16.0 Å². The number of ether oxygens (including phenoxy) is 2. The zero-order valence-electron chi connectivity index (χ0n) is 9.85. The van der Waals surface area contributed by atoms with E-state index in [1.54, 1.807) is 0 Å². The fourth-order valence-electron chi connectivity index (χ4n) is 1.78. The Kier molecular flexibility index (Phi) is 3.82. The number of aryl methyl sites for hydroxylation is 1. The van der Waals surface area contributed by atoms with Gasteiger partial charge in [0, 0.05) is 6.42 Å². The van der Waals surface area contributed by atoms with Crippen molar-refractivity contribution in [2.45, 2.75) is 19.3 Å². The molecule has 0 aliphatic carbocycles. The second kappa shape index (κ2) is 5.53. The van der Waals surface area contributed by atoms with E-state index in [4.69, 9.17) is 14.6 Å². The fraction of sp³-hybridized carbons (Fsp3) is 0.385. The summed E-state index contributed by atoms with van der Waals surface area (Å²) in [4.78, 5) is 21.6. The molecule has 1 aromatic rings. The van der Waals surface area contributed by atoms with Crippen molar-refractivity contribution in [3.63, 3.8) is 0 Å². The molecule has 5 heteroatoms.